The maximum absolute atomic E-state index is 13.2. The number of non-ortho nitro benzene ring substituents is 1. The van der Waals surface area contributed by atoms with Crippen LogP contribution in [0.15, 0.2) is 60.7 Å². The number of anilines is 1. The van der Waals surface area contributed by atoms with Crippen LogP contribution in [0.3, 0.4) is 0 Å². The van der Waals surface area contributed by atoms with Gasteiger partial charge in [0.25, 0.3) is 11.6 Å². The quantitative estimate of drug-likeness (QED) is 0.314. The Balaban J connectivity index is 1.53. The van der Waals surface area contributed by atoms with Crippen LogP contribution in [0.4, 0.5) is 16.3 Å². The number of carbonyl (C=O) groups is 3. The van der Waals surface area contributed by atoms with Crippen LogP contribution in [0, 0.1) is 17.0 Å². The van der Waals surface area contributed by atoms with Gasteiger partial charge in [-0.25, -0.2) is 9.48 Å². The highest BCUT2D eigenvalue weighted by Crippen LogP contribution is 2.32. The molecule has 4 amide bonds. The number of aromatic nitrogens is 2. The van der Waals surface area contributed by atoms with Crippen molar-refractivity contribution in [2.75, 3.05) is 11.9 Å². The Hall–Kier alpha value is -4.54. The van der Waals surface area contributed by atoms with Crippen LogP contribution in [-0.4, -0.2) is 44.0 Å². The van der Waals surface area contributed by atoms with Gasteiger partial charge in [0.05, 0.1) is 16.3 Å². The second kappa shape index (κ2) is 8.77. The molecule has 1 aromatic heterocycles. The summed E-state index contributed by atoms with van der Waals surface area (Å²) in [5, 5.41) is 20.6. The van der Waals surface area contributed by atoms with E-state index in [1.807, 2.05) is 6.07 Å². The number of rotatable bonds is 7. The van der Waals surface area contributed by atoms with E-state index in [9.17, 15) is 24.5 Å². The van der Waals surface area contributed by atoms with Crippen LogP contribution in [0.2, 0.25) is 0 Å². The highest BCUT2D eigenvalue weighted by molar-refractivity contribution is 6.10. The van der Waals surface area contributed by atoms with E-state index in [0.29, 0.717) is 29.2 Å². The molecule has 174 valence electrons. The van der Waals surface area contributed by atoms with Gasteiger partial charge in [0.2, 0.25) is 5.91 Å². The van der Waals surface area contributed by atoms with Gasteiger partial charge in [-0.15, -0.1) is 0 Å². The summed E-state index contributed by atoms with van der Waals surface area (Å²) in [6.07, 6.45) is 0.325. The minimum atomic E-state index is -1.23. The number of imide groups is 1. The number of nitro groups is 1. The Labute approximate surface area is 194 Å². The predicted molar refractivity (Wildman–Crippen MR) is 122 cm³/mol. The summed E-state index contributed by atoms with van der Waals surface area (Å²) in [6.45, 7) is 3.04. The van der Waals surface area contributed by atoms with Crippen molar-refractivity contribution in [2.45, 2.75) is 25.8 Å². The molecule has 1 atom stereocenters. The minimum absolute atomic E-state index is 0.0744. The minimum Gasteiger partial charge on any atom is -0.319 e. The molecular weight excluding hydrogens is 440 g/mol. The summed E-state index contributed by atoms with van der Waals surface area (Å²) in [4.78, 5) is 50.0. The summed E-state index contributed by atoms with van der Waals surface area (Å²) in [7, 11) is 0. The summed E-state index contributed by atoms with van der Waals surface area (Å²) in [5.41, 5.74) is 0.437. The smallest absolute Gasteiger partial charge is 0.319 e. The lowest BCUT2D eigenvalue weighted by atomic mass is 9.87. The van der Waals surface area contributed by atoms with Crippen molar-refractivity contribution < 1.29 is 19.3 Å². The van der Waals surface area contributed by atoms with Gasteiger partial charge in [0, 0.05) is 18.2 Å². The molecule has 3 aromatic rings. The van der Waals surface area contributed by atoms with Gasteiger partial charge in [-0.3, -0.25) is 24.6 Å². The Morgan fingerprint density at radius 1 is 1.15 bits per heavy atom. The molecule has 11 nitrogen and oxygen atoms in total. The Morgan fingerprint density at radius 3 is 2.44 bits per heavy atom. The van der Waals surface area contributed by atoms with Gasteiger partial charge in [0.15, 0.2) is 0 Å². The van der Waals surface area contributed by atoms with E-state index in [1.165, 1.54) is 28.9 Å². The van der Waals surface area contributed by atoms with Crippen molar-refractivity contribution in [1.82, 2.24) is 20.0 Å². The lowest BCUT2D eigenvalue weighted by molar-refractivity contribution is -0.384. The van der Waals surface area contributed by atoms with Crippen molar-refractivity contribution in [1.29, 1.82) is 0 Å². The molecule has 34 heavy (non-hydrogen) atoms. The van der Waals surface area contributed by atoms with Gasteiger partial charge < -0.3 is 10.6 Å². The number of hydrogen-bond donors (Lipinski definition) is 2. The number of aryl methyl sites for hydroxylation is 1. The first kappa shape index (κ1) is 22.6. The normalized spacial score (nSPS) is 17.5. The molecule has 0 saturated carbocycles. The molecule has 4 rings (SSSR count). The zero-order chi connectivity index (χ0) is 24.5. The van der Waals surface area contributed by atoms with E-state index in [4.69, 9.17) is 0 Å². The summed E-state index contributed by atoms with van der Waals surface area (Å²) < 4.78 is 1.42. The van der Waals surface area contributed by atoms with E-state index in [-0.39, 0.29) is 5.69 Å². The molecular formula is C23H22N6O5. The largest absolute Gasteiger partial charge is 0.325 e. The first-order chi connectivity index (χ1) is 16.2. The Morgan fingerprint density at radius 2 is 1.82 bits per heavy atom. The fourth-order valence-electron chi connectivity index (χ4n) is 3.96. The van der Waals surface area contributed by atoms with Gasteiger partial charge in [-0.1, -0.05) is 37.3 Å². The Bertz CT molecular complexity index is 1270. The second-order valence-electron chi connectivity index (χ2n) is 7.85. The molecule has 2 aromatic carbocycles. The fraction of sp³-hybridized carbons (Fsp3) is 0.217. The molecule has 11 heteroatoms. The van der Waals surface area contributed by atoms with Crippen LogP contribution in [0.1, 0.15) is 24.6 Å². The first-order valence-electron chi connectivity index (χ1n) is 10.6. The van der Waals surface area contributed by atoms with Crippen LogP contribution in [0.25, 0.3) is 5.69 Å². The third-order valence-corrected chi connectivity index (χ3v) is 5.68. The number of nitrogens with zero attached hydrogens (tertiary/aromatic N) is 4. The van der Waals surface area contributed by atoms with Gasteiger partial charge >= 0.3 is 6.03 Å². The fourth-order valence-corrected chi connectivity index (χ4v) is 3.96. The summed E-state index contributed by atoms with van der Waals surface area (Å²) >= 11 is 0. The monoisotopic (exact) mass is 462 g/mol. The summed E-state index contributed by atoms with van der Waals surface area (Å²) in [5.74, 6) is -0.791. The second-order valence-corrected chi connectivity index (χ2v) is 7.85. The molecule has 2 N–H and O–H groups in total. The van der Waals surface area contributed by atoms with Crippen molar-refractivity contribution in [2.24, 2.45) is 0 Å². The van der Waals surface area contributed by atoms with E-state index in [2.05, 4.69) is 15.7 Å². The molecule has 0 spiro atoms. The molecule has 0 radical (unpaired) electrons. The third-order valence-electron chi connectivity index (χ3n) is 5.68. The third kappa shape index (κ3) is 3.98. The topological polar surface area (TPSA) is 139 Å². The average Bonchev–Trinajstić information content (AvgIpc) is 3.31. The number of nitro benzene ring substituents is 1. The van der Waals surface area contributed by atoms with Crippen molar-refractivity contribution in [3.8, 4) is 5.69 Å². The number of benzene rings is 2. The predicted octanol–water partition coefficient (Wildman–Crippen LogP) is 2.88. The number of nitrogens with one attached hydrogen (secondary N) is 2. The molecule has 1 aliphatic rings. The van der Waals surface area contributed by atoms with E-state index >= 15 is 0 Å². The molecule has 1 unspecified atom stereocenters. The number of carbonyl (C=O) groups excluding carboxylic acids is 3. The molecule has 0 bridgehead atoms. The lowest BCUT2D eigenvalue weighted by Gasteiger charge is -2.25. The summed E-state index contributed by atoms with van der Waals surface area (Å²) in [6, 6.07) is 15.5. The van der Waals surface area contributed by atoms with Crippen molar-refractivity contribution >= 4 is 29.4 Å². The first-order valence-corrected chi connectivity index (χ1v) is 10.6. The lowest BCUT2D eigenvalue weighted by Crippen LogP contribution is -2.44. The highest BCUT2D eigenvalue weighted by atomic mass is 16.6. The zero-order valence-corrected chi connectivity index (χ0v) is 18.5. The SMILES string of the molecule is CCC1(c2ccccc2)NC(=O)N(CC(=O)Nc2cc(C)nn2-c2ccc([N+](=O)[O-])cc2)C1=O. The number of urea groups is 1. The van der Waals surface area contributed by atoms with Gasteiger partial charge in [0.1, 0.15) is 17.9 Å². The Kier molecular flexibility index (Phi) is 5.84. The number of hydrogen-bond acceptors (Lipinski definition) is 6. The maximum atomic E-state index is 13.2. The maximum Gasteiger partial charge on any atom is 0.325 e. The molecule has 1 fully saturated rings. The van der Waals surface area contributed by atoms with Crippen LogP contribution < -0.4 is 10.6 Å². The van der Waals surface area contributed by atoms with Crippen LogP contribution in [-0.2, 0) is 15.1 Å². The van der Waals surface area contributed by atoms with Crippen LogP contribution >= 0.6 is 0 Å². The molecule has 1 aliphatic heterocycles. The zero-order valence-electron chi connectivity index (χ0n) is 18.5. The van der Waals surface area contributed by atoms with Gasteiger partial charge in [-0.2, -0.15) is 5.10 Å². The van der Waals surface area contributed by atoms with Crippen molar-refractivity contribution in [3.05, 3.63) is 82.0 Å². The standard InChI is InChI=1S/C23H22N6O5/c1-3-23(16-7-5-4-6-8-16)21(31)27(22(32)25-23)14-20(30)24-19-13-15(2)26-28(19)17-9-11-18(12-10-17)29(33)34/h4-13H,3,14H2,1-2H3,(H,24,30)(H,25,32). The van der Waals surface area contributed by atoms with Gasteiger partial charge in [-0.05, 0) is 31.0 Å². The number of amides is 4. The molecule has 2 heterocycles. The highest BCUT2D eigenvalue weighted by Gasteiger charge is 2.51. The van der Waals surface area contributed by atoms with E-state index in [1.54, 1.807) is 44.2 Å². The van der Waals surface area contributed by atoms with E-state index in [0.717, 1.165) is 4.90 Å². The van der Waals surface area contributed by atoms with Crippen LogP contribution in [0.5, 0.6) is 0 Å². The van der Waals surface area contributed by atoms with Crippen molar-refractivity contribution in [3.63, 3.8) is 0 Å². The molecule has 1 saturated heterocycles. The van der Waals surface area contributed by atoms with E-state index < -0.39 is 34.9 Å². The average molecular weight is 462 g/mol. The molecule has 0 aliphatic carbocycles.